The number of benzene rings is 3. The smallest absolute Gasteiger partial charge is 0.264 e. The van der Waals surface area contributed by atoms with Crippen molar-refractivity contribution in [2.24, 2.45) is 0 Å². The molecule has 8 nitrogen and oxygen atoms in total. The van der Waals surface area contributed by atoms with Crippen molar-refractivity contribution < 1.29 is 27.1 Å². The molecule has 3 rings (SSSR count). The van der Waals surface area contributed by atoms with Crippen LogP contribution in [0, 0.1) is 5.82 Å². The minimum absolute atomic E-state index is 0.0659. The predicted molar refractivity (Wildman–Crippen MR) is 147 cm³/mol. The highest BCUT2D eigenvalue weighted by atomic mass is 79.9. The Bertz CT molecular complexity index is 1370. The number of halogens is 2. The normalized spacial score (nSPS) is 11.9. The summed E-state index contributed by atoms with van der Waals surface area (Å²) in [7, 11) is -2.80. The lowest BCUT2D eigenvalue weighted by Crippen LogP contribution is -2.51. The number of hydrogen-bond acceptors (Lipinski definition) is 5. The quantitative estimate of drug-likeness (QED) is 0.351. The molecule has 0 aromatic heterocycles. The zero-order valence-electron chi connectivity index (χ0n) is 21.2. The number of carbonyl (C=O) groups excluding carboxylic acids is 2. The van der Waals surface area contributed by atoms with Gasteiger partial charge in [-0.05, 0) is 80.1 Å². The van der Waals surface area contributed by atoms with E-state index in [9.17, 15) is 22.4 Å². The van der Waals surface area contributed by atoms with Crippen molar-refractivity contribution in [3.63, 3.8) is 0 Å². The summed E-state index contributed by atoms with van der Waals surface area (Å²) in [6.07, 6.45) is 0. The van der Waals surface area contributed by atoms with E-state index >= 15 is 0 Å². The van der Waals surface area contributed by atoms with Gasteiger partial charge in [0.2, 0.25) is 11.8 Å². The molecule has 0 saturated heterocycles. The summed E-state index contributed by atoms with van der Waals surface area (Å²) in [4.78, 5) is 27.7. The lowest BCUT2D eigenvalue weighted by atomic mass is 10.1. The van der Waals surface area contributed by atoms with E-state index in [1.807, 2.05) is 12.1 Å². The molecule has 0 fully saturated rings. The molecule has 11 heteroatoms. The third kappa shape index (κ3) is 7.11. The van der Waals surface area contributed by atoms with Gasteiger partial charge in [-0.15, -0.1) is 0 Å². The lowest BCUT2D eigenvalue weighted by Gasteiger charge is -2.32. The number of ether oxygens (including phenoxy) is 1. The van der Waals surface area contributed by atoms with Crippen LogP contribution in [0.3, 0.4) is 0 Å². The lowest BCUT2D eigenvalue weighted by molar-refractivity contribution is -0.139. The van der Waals surface area contributed by atoms with Crippen molar-refractivity contribution in [1.82, 2.24) is 10.2 Å². The molecule has 0 heterocycles. The molecule has 0 aliphatic carbocycles. The third-order valence-electron chi connectivity index (χ3n) is 5.80. The first-order valence-electron chi connectivity index (χ1n) is 11.8. The Morgan fingerprint density at radius 2 is 1.71 bits per heavy atom. The van der Waals surface area contributed by atoms with Gasteiger partial charge >= 0.3 is 0 Å². The summed E-state index contributed by atoms with van der Waals surface area (Å²) in [6, 6.07) is 16.9. The number of rotatable bonds is 11. The van der Waals surface area contributed by atoms with E-state index in [-0.39, 0.29) is 23.0 Å². The maximum absolute atomic E-state index is 13.7. The first kappa shape index (κ1) is 29.1. The molecular formula is C27H29BrFN3O5S. The third-order valence-corrected chi connectivity index (χ3v) is 8.08. The van der Waals surface area contributed by atoms with Gasteiger partial charge in [-0.3, -0.25) is 13.9 Å². The molecule has 2 amide bonds. The van der Waals surface area contributed by atoms with Crippen molar-refractivity contribution in [3.05, 3.63) is 88.6 Å². The zero-order valence-corrected chi connectivity index (χ0v) is 23.6. The fourth-order valence-electron chi connectivity index (χ4n) is 3.75. The van der Waals surface area contributed by atoms with Gasteiger partial charge in [0.15, 0.2) is 0 Å². The minimum Gasteiger partial charge on any atom is -0.497 e. The Kier molecular flexibility index (Phi) is 9.87. The van der Waals surface area contributed by atoms with E-state index in [0.29, 0.717) is 12.3 Å². The Morgan fingerprint density at radius 1 is 1.05 bits per heavy atom. The van der Waals surface area contributed by atoms with Crippen LogP contribution in [-0.4, -0.2) is 51.4 Å². The molecule has 202 valence electrons. The van der Waals surface area contributed by atoms with Gasteiger partial charge in [0, 0.05) is 17.6 Å². The zero-order chi connectivity index (χ0) is 27.9. The first-order valence-corrected chi connectivity index (χ1v) is 14.0. The average molecular weight is 607 g/mol. The van der Waals surface area contributed by atoms with Crippen LogP contribution in [0.4, 0.5) is 10.1 Å². The largest absolute Gasteiger partial charge is 0.497 e. The Labute approximate surface area is 230 Å². The summed E-state index contributed by atoms with van der Waals surface area (Å²) in [5.74, 6) is -1.07. The summed E-state index contributed by atoms with van der Waals surface area (Å²) >= 11 is 3.41. The van der Waals surface area contributed by atoms with Crippen LogP contribution >= 0.6 is 15.9 Å². The second-order valence-corrected chi connectivity index (χ2v) is 11.2. The number of likely N-dealkylation sites (N-methyl/N-ethyl adjacent to an activating group) is 1. The summed E-state index contributed by atoms with van der Waals surface area (Å²) in [5.41, 5.74) is 0.846. The van der Waals surface area contributed by atoms with Gasteiger partial charge in [0.25, 0.3) is 10.0 Å². The fourth-order valence-corrected chi connectivity index (χ4v) is 5.61. The van der Waals surface area contributed by atoms with E-state index < -0.39 is 34.3 Å². The standard InChI is InChI=1S/C27H29BrFN3O5S/c1-4-30-27(34)19(2)31(17-20-6-5-7-21(28)16-20)26(33)18-32(23-10-8-22(29)9-11-23)38(35,36)25-14-12-24(37-3)13-15-25/h5-16,19H,4,17-18H2,1-3H3,(H,30,34)/t19-/m1/s1. The first-order chi connectivity index (χ1) is 18.1. The van der Waals surface area contributed by atoms with Gasteiger partial charge < -0.3 is 15.0 Å². The number of amides is 2. The number of methoxy groups -OCH3 is 1. The number of carbonyl (C=O) groups is 2. The Balaban J connectivity index is 2.02. The summed E-state index contributed by atoms with van der Waals surface area (Å²) < 4.78 is 47.9. The topological polar surface area (TPSA) is 96.0 Å². The molecule has 1 atom stereocenters. The molecule has 1 N–H and O–H groups in total. The molecule has 0 saturated carbocycles. The molecule has 0 spiro atoms. The van der Waals surface area contributed by atoms with Crippen molar-refractivity contribution in [1.29, 1.82) is 0 Å². The number of anilines is 1. The highest BCUT2D eigenvalue weighted by Gasteiger charge is 2.32. The highest BCUT2D eigenvalue weighted by molar-refractivity contribution is 9.10. The molecule has 3 aromatic rings. The van der Waals surface area contributed by atoms with E-state index in [1.54, 1.807) is 26.0 Å². The van der Waals surface area contributed by atoms with Crippen LogP contribution in [0.25, 0.3) is 0 Å². The number of nitrogens with zero attached hydrogens (tertiary/aromatic N) is 2. The van der Waals surface area contributed by atoms with E-state index in [0.717, 1.165) is 26.5 Å². The molecule has 3 aromatic carbocycles. The number of hydrogen-bond donors (Lipinski definition) is 1. The molecule has 38 heavy (non-hydrogen) atoms. The average Bonchev–Trinajstić information content (AvgIpc) is 2.90. The molecule has 0 radical (unpaired) electrons. The number of nitrogens with one attached hydrogen (secondary N) is 1. The summed E-state index contributed by atoms with van der Waals surface area (Å²) in [6.45, 7) is 3.17. The Hall–Kier alpha value is -3.44. The molecule has 0 unspecified atom stereocenters. The Morgan fingerprint density at radius 3 is 2.29 bits per heavy atom. The van der Waals surface area contributed by atoms with E-state index in [1.165, 1.54) is 48.4 Å². The van der Waals surface area contributed by atoms with Crippen LogP contribution in [-0.2, 0) is 26.2 Å². The second-order valence-electron chi connectivity index (χ2n) is 8.39. The van der Waals surface area contributed by atoms with Gasteiger partial charge in [-0.2, -0.15) is 0 Å². The van der Waals surface area contributed by atoms with Crippen molar-refractivity contribution in [2.75, 3.05) is 24.5 Å². The van der Waals surface area contributed by atoms with Crippen LogP contribution in [0.15, 0.2) is 82.2 Å². The monoisotopic (exact) mass is 605 g/mol. The predicted octanol–water partition coefficient (Wildman–Crippen LogP) is 4.35. The van der Waals surface area contributed by atoms with Gasteiger partial charge in [0.05, 0.1) is 17.7 Å². The molecular weight excluding hydrogens is 577 g/mol. The van der Waals surface area contributed by atoms with E-state index in [4.69, 9.17) is 4.74 Å². The highest BCUT2D eigenvalue weighted by Crippen LogP contribution is 2.26. The van der Waals surface area contributed by atoms with E-state index in [2.05, 4.69) is 21.2 Å². The van der Waals surface area contributed by atoms with Crippen molar-refractivity contribution in [3.8, 4) is 5.75 Å². The maximum atomic E-state index is 13.7. The fraction of sp³-hybridized carbons (Fsp3) is 0.259. The van der Waals surface area contributed by atoms with Crippen LogP contribution in [0.1, 0.15) is 19.4 Å². The van der Waals surface area contributed by atoms with Gasteiger partial charge in [-0.1, -0.05) is 28.1 Å². The second kappa shape index (κ2) is 12.9. The minimum atomic E-state index is -4.26. The van der Waals surface area contributed by atoms with Gasteiger partial charge in [-0.25, -0.2) is 12.8 Å². The molecule has 0 aliphatic heterocycles. The van der Waals surface area contributed by atoms with Crippen LogP contribution in [0.5, 0.6) is 5.75 Å². The summed E-state index contributed by atoms with van der Waals surface area (Å²) in [5, 5.41) is 2.71. The van der Waals surface area contributed by atoms with Crippen molar-refractivity contribution >= 4 is 43.5 Å². The number of sulfonamides is 1. The van der Waals surface area contributed by atoms with Crippen LogP contribution < -0.4 is 14.4 Å². The SMILES string of the molecule is CCNC(=O)[C@@H](C)N(Cc1cccc(Br)c1)C(=O)CN(c1ccc(F)cc1)S(=O)(=O)c1ccc(OC)cc1. The molecule has 0 bridgehead atoms. The van der Waals surface area contributed by atoms with Gasteiger partial charge in [0.1, 0.15) is 24.2 Å². The molecule has 0 aliphatic rings. The van der Waals surface area contributed by atoms with Crippen molar-refractivity contribution in [2.45, 2.75) is 31.3 Å². The maximum Gasteiger partial charge on any atom is 0.264 e. The van der Waals surface area contributed by atoms with Crippen LogP contribution in [0.2, 0.25) is 0 Å².